The Hall–Kier alpha value is -3.80. The quantitative estimate of drug-likeness (QED) is 0.549. The second kappa shape index (κ2) is 10.5. The van der Waals surface area contributed by atoms with Gasteiger partial charge in [0.15, 0.2) is 0 Å². The van der Waals surface area contributed by atoms with Crippen LogP contribution in [0.3, 0.4) is 0 Å². The third-order valence-electron chi connectivity index (χ3n) is 3.94. The molecule has 0 heterocycles. The zero-order valence-corrected chi connectivity index (χ0v) is 15.8. The van der Waals surface area contributed by atoms with Gasteiger partial charge in [0, 0.05) is 5.56 Å². The van der Waals surface area contributed by atoms with Crippen LogP contribution in [0.15, 0.2) is 84.9 Å². The second-order valence-electron chi connectivity index (χ2n) is 6.13. The highest BCUT2D eigenvalue weighted by Crippen LogP contribution is 2.21. The fourth-order valence-corrected chi connectivity index (χ4v) is 2.50. The molecule has 0 spiro atoms. The maximum atomic E-state index is 12.2. The highest BCUT2D eigenvalue weighted by molar-refractivity contribution is 5.96. The van der Waals surface area contributed by atoms with E-state index in [4.69, 9.17) is 9.47 Å². The molecular formula is C23H22N2O4. The van der Waals surface area contributed by atoms with Crippen LogP contribution in [0.4, 0.5) is 0 Å². The van der Waals surface area contributed by atoms with E-state index < -0.39 is 0 Å². The van der Waals surface area contributed by atoms with Crippen molar-refractivity contribution in [1.29, 1.82) is 0 Å². The molecule has 0 fully saturated rings. The van der Waals surface area contributed by atoms with Gasteiger partial charge in [-0.1, -0.05) is 36.4 Å². The van der Waals surface area contributed by atoms with Gasteiger partial charge < -0.3 is 20.1 Å². The predicted octanol–water partition coefficient (Wildman–Crippen LogP) is 3.40. The van der Waals surface area contributed by atoms with Gasteiger partial charge in [-0.25, -0.2) is 0 Å². The lowest BCUT2D eigenvalue weighted by Crippen LogP contribution is -2.38. The molecule has 0 atom stereocenters. The molecule has 3 rings (SSSR count). The molecule has 0 bridgehead atoms. The van der Waals surface area contributed by atoms with E-state index in [1.165, 1.54) is 0 Å². The first kappa shape index (κ1) is 19.9. The van der Waals surface area contributed by atoms with Crippen LogP contribution in [0.5, 0.6) is 17.2 Å². The van der Waals surface area contributed by atoms with E-state index in [0.717, 1.165) is 11.5 Å². The molecule has 0 aliphatic heterocycles. The minimum Gasteiger partial charge on any atom is -0.492 e. The number of para-hydroxylation sites is 2. The normalized spacial score (nSPS) is 10.1. The number of ether oxygens (including phenoxy) is 2. The lowest BCUT2D eigenvalue weighted by molar-refractivity contribution is -0.120. The maximum absolute atomic E-state index is 12.2. The topological polar surface area (TPSA) is 76.7 Å². The zero-order chi connectivity index (χ0) is 20.3. The number of rotatable bonds is 9. The monoisotopic (exact) mass is 390 g/mol. The fourth-order valence-electron chi connectivity index (χ4n) is 2.50. The summed E-state index contributed by atoms with van der Waals surface area (Å²) in [5, 5.41) is 5.29. The average molecular weight is 390 g/mol. The van der Waals surface area contributed by atoms with E-state index in [-0.39, 0.29) is 18.4 Å². The van der Waals surface area contributed by atoms with Crippen LogP contribution >= 0.6 is 0 Å². The lowest BCUT2D eigenvalue weighted by Gasteiger charge is -2.09. The van der Waals surface area contributed by atoms with Gasteiger partial charge in [-0.15, -0.1) is 0 Å². The van der Waals surface area contributed by atoms with Crippen molar-refractivity contribution in [3.05, 3.63) is 90.5 Å². The van der Waals surface area contributed by atoms with Crippen LogP contribution < -0.4 is 20.1 Å². The second-order valence-corrected chi connectivity index (χ2v) is 6.13. The van der Waals surface area contributed by atoms with Crippen LogP contribution in [0.2, 0.25) is 0 Å². The van der Waals surface area contributed by atoms with Crippen molar-refractivity contribution in [2.24, 2.45) is 0 Å². The minimum atomic E-state index is -0.327. The number of hydrogen-bond donors (Lipinski definition) is 2. The molecule has 0 saturated carbocycles. The van der Waals surface area contributed by atoms with E-state index in [2.05, 4.69) is 10.6 Å². The molecule has 0 aliphatic carbocycles. The van der Waals surface area contributed by atoms with Gasteiger partial charge in [0.1, 0.15) is 23.9 Å². The Morgan fingerprint density at radius 3 is 1.93 bits per heavy atom. The molecule has 148 valence electrons. The molecular weight excluding hydrogens is 368 g/mol. The minimum absolute atomic E-state index is 0.105. The van der Waals surface area contributed by atoms with Crippen molar-refractivity contribution < 1.29 is 19.1 Å². The predicted molar refractivity (Wildman–Crippen MR) is 110 cm³/mol. The number of carbonyl (C=O) groups excluding carboxylic acids is 2. The Kier molecular flexibility index (Phi) is 7.23. The van der Waals surface area contributed by atoms with Gasteiger partial charge in [0.25, 0.3) is 5.91 Å². The summed E-state index contributed by atoms with van der Waals surface area (Å²) in [5.74, 6) is 1.49. The molecule has 0 aliphatic rings. The first-order valence-electron chi connectivity index (χ1n) is 9.26. The Labute approximate surface area is 169 Å². The summed E-state index contributed by atoms with van der Waals surface area (Å²) in [6.07, 6.45) is 0. The van der Waals surface area contributed by atoms with E-state index in [0.29, 0.717) is 24.5 Å². The van der Waals surface area contributed by atoms with Gasteiger partial charge in [-0.2, -0.15) is 0 Å². The molecule has 29 heavy (non-hydrogen) atoms. The third kappa shape index (κ3) is 6.70. The van der Waals surface area contributed by atoms with Crippen LogP contribution in [0, 0.1) is 0 Å². The summed E-state index contributed by atoms with van der Waals surface area (Å²) in [7, 11) is 0. The summed E-state index contributed by atoms with van der Waals surface area (Å²) < 4.78 is 11.2. The molecule has 3 aromatic carbocycles. The SMILES string of the molecule is O=C(CNC(=O)c1ccc(Oc2ccccc2)cc1)NCCOc1ccccc1. The molecule has 6 nitrogen and oxygen atoms in total. The molecule has 2 N–H and O–H groups in total. The molecule has 0 unspecified atom stereocenters. The van der Waals surface area contributed by atoms with E-state index in [1.807, 2.05) is 60.7 Å². The Morgan fingerprint density at radius 1 is 0.690 bits per heavy atom. The number of amides is 2. The van der Waals surface area contributed by atoms with Gasteiger partial charge in [-0.05, 0) is 48.5 Å². The molecule has 6 heteroatoms. The Morgan fingerprint density at radius 2 is 1.28 bits per heavy atom. The molecule has 0 radical (unpaired) electrons. The zero-order valence-electron chi connectivity index (χ0n) is 15.8. The summed E-state index contributed by atoms with van der Waals surface area (Å²) >= 11 is 0. The van der Waals surface area contributed by atoms with Crippen molar-refractivity contribution in [3.63, 3.8) is 0 Å². The van der Waals surface area contributed by atoms with Gasteiger partial charge >= 0.3 is 0 Å². The lowest BCUT2D eigenvalue weighted by atomic mass is 10.2. The first-order chi connectivity index (χ1) is 14.2. The van der Waals surface area contributed by atoms with Crippen LogP contribution in [-0.2, 0) is 4.79 Å². The van der Waals surface area contributed by atoms with Crippen LogP contribution in [0.1, 0.15) is 10.4 Å². The van der Waals surface area contributed by atoms with Crippen molar-refractivity contribution in [1.82, 2.24) is 10.6 Å². The van der Waals surface area contributed by atoms with E-state index in [1.54, 1.807) is 24.3 Å². The molecule has 2 amide bonds. The number of hydrogen-bond acceptors (Lipinski definition) is 4. The fraction of sp³-hybridized carbons (Fsp3) is 0.130. The van der Waals surface area contributed by atoms with Gasteiger partial charge in [-0.3, -0.25) is 9.59 Å². The van der Waals surface area contributed by atoms with Crippen molar-refractivity contribution in [3.8, 4) is 17.2 Å². The first-order valence-corrected chi connectivity index (χ1v) is 9.26. The Bertz CT molecular complexity index is 913. The Balaban J connectivity index is 1.36. The largest absolute Gasteiger partial charge is 0.492 e. The van der Waals surface area contributed by atoms with Crippen molar-refractivity contribution >= 4 is 11.8 Å². The number of nitrogens with one attached hydrogen (secondary N) is 2. The van der Waals surface area contributed by atoms with Crippen LogP contribution in [0.25, 0.3) is 0 Å². The average Bonchev–Trinajstić information content (AvgIpc) is 2.77. The number of carbonyl (C=O) groups is 2. The summed E-state index contributed by atoms with van der Waals surface area (Å²) in [6, 6.07) is 25.5. The van der Waals surface area contributed by atoms with Gasteiger partial charge in [0.05, 0.1) is 13.1 Å². The summed E-state index contributed by atoms with van der Waals surface area (Å²) in [6.45, 7) is 0.605. The highest BCUT2D eigenvalue weighted by Gasteiger charge is 2.08. The number of benzene rings is 3. The summed E-state index contributed by atoms with van der Waals surface area (Å²) in [5.41, 5.74) is 0.450. The molecule has 3 aromatic rings. The molecule has 0 aromatic heterocycles. The standard InChI is InChI=1S/C23H22N2O4/c26-22(24-15-16-28-19-7-3-1-4-8-19)17-25-23(27)18-11-13-21(14-12-18)29-20-9-5-2-6-10-20/h1-14H,15-17H2,(H,24,26)(H,25,27). The summed E-state index contributed by atoms with van der Waals surface area (Å²) in [4.78, 5) is 24.0. The third-order valence-corrected chi connectivity index (χ3v) is 3.94. The molecule has 0 saturated heterocycles. The smallest absolute Gasteiger partial charge is 0.251 e. The maximum Gasteiger partial charge on any atom is 0.251 e. The van der Waals surface area contributed by atoms with Crippen LogP contribution in [-0.4, -0.2) is 31.5 Å². The van der Waals surface area contributed by atoms with Crippen molar-refractivity contribution in [2.45, 2.75) is 0 Å². The van der Waals surface area contributed by atoms with E-state index >= 15 is 0 Å². The van der Waals surface area contributed by atoms with Crippen molar-refractivity contribution in [2.75, 3.05) is 19.7 Å². The highest BCUT2D eigenvalue weighted by atomic mass is 16.5. The van der Waals surface area contributed by atoms with E-state index in [9.17, 15) is 9.59 Å². The van der Waals surface area contributed by atoms with Gasteiger partial charge in [0.2, 0.25) is 5.91 Å².